The standard InChI is InChI=1S/C12H16F2N2/c1-2-8-4-3-7-16(8)12-10(15)6-5-9(13)11(12)14/h5-6,8H,2-4,7,15H2,1H3. The lowest BCUT2D eigenvalue weighted by Crippen LogP contribution is -2.30. The van der Waals surface area contributed by atoms with Gasteiger partial charge in [0.15, 0.2) is 11.6 Å². The molecule has 4 heteroatoms. The molecule has 1 aromatic rings. The van der Waals surface area contributed by atoms with Gasteiger partial charge >= 0.3 is 0 Å². The highest BCUT2D eigenvalue weighted by molar-refractivity contribution is 5.69. The first-order valence-corrected chi connectivity index (χ1v) is 5.65. The quantitative estimate of drug-likeness (QED) is 0.785. The van der Waals surface area contributed by atoms with Gasteiger partial charge in [0.25, 0.3) is 0 Å². The maximum Gasteiger partial charge on any atom is 0.184 e. The molecule has 1 atom stereocenters. The molecule has 1 saturated heterocycles. The molecule has 2 N–H and O–H groups in total. The van der Waals surface area contributed by atoms with Gasteiger partial charge in [-0.3, -0.25) is 0 Å². The van der Waals surface area contributed by atoms with E-state index in [4.69, 9.17) is 5.73 Å². The van der Waals surface area contributed by atoms with Crippen molar-refractivity contribution in [3.05, 3.63) is 23.8 Å². The van der Waals surface area contributed by atoms with E-state index < -0.39 is 11.6 Å². The van der Waals surface area contributed by atoms with Crippen molar-refractivity contribution in [2.24, 2.45) is 0 Å². The molecule has 0 aliphatic carbocycles. The zero-order chi connectivity index (χ0) is 11.7. The van der Waals surface area contributed by atoms with Crippen molar-refractivity contribution in [3.8, 4) is 0 Å². The first-order chi connectivity index (χ1) is 7.65. The summed E-state index contributed by atoms with van der Waals surface area (Å²) in [5, 5.41) is 0. The van der Waals surface area contributed by atoms with E-state index in [1.165, 1.54) is 6.07 Å². The smallest absolute Gasteiger partial charge is 0.184 e. The molecule has 0 bridgehead atoms. The summed E-state index contributed by atoms with van der Waals surface area (Å²) in [5.74, 6) is -1.65. The molecule has 2 rings (SSSR count). The molecule has 0 spiro atoms. The molecule has 1 aliphatic rings. The Bertz CT molecular complexity index is 393. The Morgan fingerprint density at radius 1 is 1.44 bits per heavy atom. The second-order valence-corrected chi connectivity index (χ2v) is 4.20. The van der Waals surface area contributed by atoms with Gasteiger partial charge < -0.3 is 10.6 Å². The van der Waals surface area contributed by atoms with Crippen molar-refractivity contribution in [1.29, 1.82) is 0 Å². The average molecular weight is 226 g/mol. The Labute approximate surface area is 94.0 Å². The average Bonchev–Trinajstić information content (AvgIpc) is 2.72. The topological polar surface area (TPSA) is 29.3 Å². The Balaban J connectivity index is 2.43. The number of nitrogen functional groups attached to an aromatic ring is 1. The highest BCUT2D eigenvalue weighted by atomic mass is 19.2. The van der Waals surface area contributed by atoms with Gasteiger partial charge in [0.2, 0.25) is 0 Å². The molecular formula is C12H16F2N2. The second kappa shape index (κ2) is 4.28. The summed E-state index contributed by atoms with van der Waals surface area (Å²) in [6.45, 7) is 2.81. The fourth-order valence-electron chi connectivity index (χ4n) is 2.40. The summed E-state index contributed by atoms with van der Waals surface area (Å²) in [5.41, 5.74) is 6.30. The van der Waals surface area contributed by atoms with Crippen LogP contribution in [0.3, 0.4) is 0 Å². The SMILES string of the molecule is CCC1CCCN1c1c(N)ccc(F)c1F. The van der Waals surface area contributed by atoms with Crippen LogP contribution in [0.1, 0.15) is 26.2 Å². The number of rotatable bonds is 2. The van der Waals surface area contributed by atoms with Crippen LogP contribution in [0.4, 0.5) is 20.2 Å². The van der Waals surface area contributed by atoms with Crippen molar-refractivity contribution in [1.82, 2.24) is 0 Å². The molecule has 1 unspecified atom stereocenters. The molecule has 1 fully saturated rings. The molecule has 1 aliphatic heterocycles. The van der Waals surface area contributed by atoms with Crippen LogP contribution in [0.25, 0.3) is 0 Å². The van der Waals surface area contributed by atoms with E-state index in [-0.39, 0.29) is 11.7 Å². The van der Waals surface area contributed by atoms with Crippen LogP contribution in [0, 0.1) is 11.6 Å². The van der Waals surface area contributed by atoms with Crippen LogP contribution in [-0.4, -0.2) is 12.6 Å². The monoisotopic (exact) mass is 226 g/mol. The highest BCUT2D eigenvalue weighted by Gasteiger charge is 2.28. The van der Waals surface area contributed by atoms with Crippen molar-refractivity contribution < 1.29 is 8.78 Å². The fourth-order valence-corrected chi connectivity index (χ4v) is 2.40. The Morgan fingerprint density at radius 2 is 2.19 bits per heavy atom. The molecule has 0 saturated carbocycles. The van der Waals surface area contributed by atoms with Gasteiger partial charge in [-0.15, -0.1) is 0 Å². The summed E-state index contributed by atoms with van der Waals surface area (Å²) in [6, 6.07) is 2.78. The number of halogens is 2. The van der Waals surface area contributed by atoms with Gasteiger partial charge in [-0.25, -0.2) is 8.78 Å². The van der Waals surface area contributed by atoms with Gasteiger partial charge in [-0.05, 0) is 31.4 Å². The third kappa shape index (κ3) is 1.72. The largest absolute Gasteiger partial charge is 0.397 e. The number of benzene rings is 1. The van der Waals surface area contributed by atoms with Crippen molar-refractivity contribution in [2.75, 3.05) is 17.2 Å². The zero-order valence-electron chi connectivity index (χ0n) is 9.34. The maximum absolute atomic E-state index is 13.7. The molecule has 0 amide bonds. The Hall–Kier alpha value is -1.32. The van der Waals surface area contributed by atoms with Crippen LogP contribution in [0.2, 0.25) is 0 Å². The van der Waals surface area contributed by atoms with E-state index in [2.05, 4.69) is 6.92 Å². The van der Waals surface area contributed by atoms with Crippen LogP contribution in [-0.2, 0) is 0 Å². The van der Waals surface area contributed by atoms with Gasteiger partial charge in [0.05, 0.1) is 11.4 Å². The third-order valence-electron chi connectivity index (χ3n) is 3.24. The zero-order valence-corrected chi connectivity index (χ0v) is 9.34. The van der Waals surface area contributed by atoms with Gasteiger partial charge in [0, 0.05) is 12.6 Å². The lowest BCUT2D eigenvalue weighted by molar-refractivity contribution is 0.504. The Morgan fingerprint density at radius 3 is 2.88 bits per heavy atom. The number of anilines is 2. The van der Waals surface area contributed by atoms with Crippen LogP contribution in [0.15, 0.2) is 12.1 Å². The molecule has 2 nitrogen and oxygen atoms in total. The summed E-state index contributed by atoms with van der Waals surface area (Å²) in [6.07, 6.45) is 2.95. The van der Waals surface area contributed by atoms with Gasteiger partial charge in [-0.2, -0.15) is 0 Å². The predicted molar refractivity (Wildman–Crippen MR) is 61.4 cm³/mol. The highest BCUT2D eigenvalue weighted by Crippen LogP contribution is 2.34. The fraction of sp³-hybridized carbons (Fsp3) is 0.500. The summed E-state index contributed by atoms with van der Waals surface area (Å²) in [7, 11) is 0. The number of nitrogens with zero attached hydrogens (tertiary/aromatic N) is 1. The first kappa shape index (κ1) is 11.2. The summed E-state index contributed by atoms with van der Waals surface area (Å²) < 4.78 is 26.9. The number of hydrogen-bond donors (Lipinski definition) is 1. The minimum Gasteiger partial charge on any atom is -0.397 e. The second-order valence-electron chi connectivity index (χ2n) is 4.20. The van der Waals surface area contributed by atoms with E-state index in [0.717, 1.165) is 31.9 Å². The van der Waals surface area contributed by atoms with Crippen molar-refractivity contribution in [3.63, 3.8) is 0 Å². The lowest BCUT2D eigenvalue weighted by Gasteiger charge is -2.27. The molecule has 1 aromatic carbocycles. The normalized spacial score (nSPS) is 20.4. The molecule has 16 heavy (non-hydrogen) atoms. The molecule has 88 valence electrons. The van der Waals surface area contributed by atoms with Crippen LogP contribution < -0.4 is 10.6 Å². The van der Waals surface area contributed by atoms with Crippen LogP contribution in [0.5, 0.6) is 0 Å². The molecule has 0 radical (unpaired) electrons. The van der Waals surface area contributed by atoms with Crippen molar-refractivity contribution in [2.45, 2.75) is 32.2 Å². The van der Waals surface area contributed by atoms with E-state index >= 15 is 0 Å². The van der Waals surface area contributed by atoms with E-state index in [1.54, 1.807) is 0 Å². The van der Waals surface area contributed by atoms with E-state index in [1.807, 2.05) is 4.90 Å². The molecule has 1 heterocycles. The summed E-state index contributed by atoms with van der Waals surface area (Å²) >= 11 is 0. The van der Waals surface area contributed by atoms with Gasteiger partial charge in [-0.1, -0.05) is 6.92 Å². The lowest BCUT2D eigenvalue weighted by atomic mass is 10.1. The maximum atomic E-state index is 13.7. The van der Waals surface area contributed by atoms with Gasteiger partial charge in [0.1, 0.15) is 0 Å². The van der Waals surface area contributed by atoms with E-state index in [0.29, 0.717) is 5.69 Å². The Kier molecular flexibility index (Phi) is 2.99. The van der Waals surface area contributed by atoms with Crippen LogP contribution >= 0.6 is 0 Å². The minimum atomic E-state index is -0.828. The summed E-state index contributed by atoms with van der Waals surface area (Å²) in [4.78, 5) is 1.90. The third-order valence-corrected chi connectivity index (χ3v) is 3.24. The molecular weight excluding hydrogens is 210 g/mol. The predicted octanol–water partition coefficient (Wildman–Crippen LogP) is 2.93. The van der Waals surface area contributed by atoms with Crippen molar-refractivity contribution >= 4 is 11.4 Å². The first-order valence-electron chi connectivity index (χ1n) is 5.65. The number of nitrogens with two attached hydrogens (primary N) is 1. The minimum absolute atomic E-state index is 0.240. The van der Waals surface area contributed by atoms with E-state index in [9.17, 15) is 8.78 Å². The number of hydrogen-bond acceptors (Lipinski definition) is 2. The molecule has 0 aromatic heterocycles.